The van der Waals surface area contributed by atoms with Crippen molar-refractivity contribution in [1.82, 2.24) is 10.1 Å². The molecule has 112 valence electrons. The Hall–Kier alpha value is -1.79. The first-order valence-corrected chi connectivity index (χ1v) is 8.38. The van der Waals surface area contributed by atoms with E-state index in [1.165, 1.54) is 0 Å². The molecule has 4 nitrogen and oxygen atoms in total. The molecule has 0 aliphatic rings. The van der Waals surface area contributed by atoms with Gasteiger partial charge < -0.3 is 9.26 Å². The molecule has 3 rings (SSSR count). The Balaban J connectivity index is 1.66. The zero-order valence-electron chi connectivity index (χ0n) is 11.8. The highest BCUT2D eigenvalue weighted by molar-refractivity contribution is 9.10. The van der Waals surface area contributed by atoms with Gasteiger partial charge in [0.2, 0.25) is 11.7 Å². The van der Waals surface area contributed by atoms with Crippen LogP contribution in [-0.2, 0) is 5.75 Å². The molecule has 0 saturated carbocycles. The van der Waals surface area contributed by atoms with Crippen molar-refractivity contribution in [2.75, 3.05) is 7.11 Å². The summed E-state index contributed by atoms with van der Waals surface area (Å²) in [5.74, 6) is 2.69. The molecule has 22 heavy (non-hydrogen) atoms. The SMILES string of the molecule is COc1ccc(SCc2nc(-c3cccc(Br)c3)no2)cc1. The van der Waals surface area contributed by atoms with E-state index < -0.39 is 0 Å². The van der Waals surface area contributed by atoms with Crippen molar-refractivity contribution < 1.29 is 9.26 Å². The van der Waals surface area contributed by atoms with Crippen LogP contribution in [0.15, 0.2) is 62.4 Å². The molecule has 0 aliphatic heterocycles. The van der Waals surface area contributed by atoms with Crippen molar-refractivity contribution in [3.63, 3.8) is 0 Å². The highest BCUT2D eigenvalue weighted by Gasteiger charge is 2.09. The zero-order chi connectivity index (χ0) is 15.4. The first kappa shape index (κ1) is 15.1. The number of hydrogen-bond donors (Lipinski definition) is 0. The monoisotopic (exact) mass is 376 g/mol. The molecule has 0 bridgehead atoms. The van der Waals surface area contributed by atoms with Crippen LogP contribution >= 0.6 is 27.7 Å². The van der Waals surface area contributed by atoms with E-state index in [-0.39, 0.29) is 0 Å². The second-order valence-corrected chi connectivity index (χ2v) is 6.45. The van der Waals surface area contributed by atoms with Crippen molar-refractivity contribution >= 4 is 27.7 Å². The third-order valence-electron chi connectivity index (χ3n) is 2.97. The van der Waals surface area contributed by atoms with Crippen LogP contribution in [0.5, 0.6) is 5.75 Å². The lowest BCUT2D eigenvalue weighted by atomic mass is 10.2. The smallest absolute Gasteiger partial charge is 0.237 e. The van der Waals surface area contributed by atoms with Crippen molar-refractivity contribution in [3.8, 4) is 17.1 Å². The molecular weight excluding hydrogens is 364 g/mol. The maximum absolute atomic E-state index is 5.30. The predicted octanol–water partition coefficient (Wildman–Crippen LogP) is 4.80. The normalized spacial score (nSPS) is 10.6. The number of benzene rings is 2. The van der Waals surface area contributed by atoms with Crippen LogP contribution in [0.4, 0.5) is 0 Å². The van der Waals surface area contributed by atoms with Gasteiger partial charge in [-0.15, -0.1) is 11.8 Å². The highest BCUT2D eigenvalue weighted by Crippen LogP contribution is 2.26. The van der Waals surface area contributed by atoms with E-state index in [0.29, 0.717) is 17.5 Å². The number of hydrogen-bond acceptors (Lipinski definition) is 5. The van der Waals surface area contributed by atoms with Crippen LogP contribution in [0.3, 0.4) is 0 Å². The fourth-order valence-electron chi connectivity index (χ4n) is 1.88. The number of rotatable bonds is 5. The predicted molar refractivity (Wildman–Crippen MR) is 90.0 cm³/mol. The zero-order valence-corrected chi connectivity index (χ0v) is 14.2. The summed E-state index contributed by atoms with van der Waals surface area (Å²) in [6.07, 6.45) is 0. The minimum Gasteiger partial charge on any atom is -0.497 e. The van der Waals surface area contributed by atoms with Crippen LogP contribution < -0.4 is 4.74 Å². The molecule has 0 unspecified atom stereocenters. The number of thioether (sulfide) groups is 1. The van der Waals surface area contributed by atoms with Crippen LogP contribution in [0, 0.1) is 0 Å². The third kappa shape index (κ3) is 3.69. The van der Waals surface area contributed by atoms with E-state index in [2.05, 4.69) is 26.1 Å². The fraction of sp³-hybridized carbons (Fsp3) is 0.125. The maximum Gasteiger partial charge on any atom is 0.237 e. The van der Waals surface area contributed by atoms with Crippen LogP contribution in [0.2, 0.25) is 0 Å². The molecule has 0 aliphatic carbocycles. The Bertz CT molecular complexity index is 759. The van der Waals surface area contributed by atoms with E-state index in [1.54, 1.807) is 18.9 Å². The topological polar surface area (TPSA) is 48.2 Å². The van der Waals surface area contributed by atoms with E-state index in [1.807, 2.05) is 48.5 Å². The Morgan fingerprint density at radius 3 is 2.73 bits per heavy atom. The average molecular weight is 377 g/mol. The van der Waals surface area contributed by atoms with Crippen molar-refractivity contribution in [3.05, 3.63) is 58.9 Å². The summed E-state index contributed by atoms with van der Waals surface area (Å²) >= 11 is 5.08. The molecule has 3 aromatic rings. The van der Waals surface area contributed by atoms with Crippen LogP contribution in [-0.4, -0.2) is 17.3 Å². The summed E-state index contributed by atoms with van der Waals surface area (Å²) in [5, 5.41) is 4.03. The van der Waals surface area contributed by atoms with Gasteiger partial charge in [-0.1, -0.05) is 33.2 Å². The number of aromatic nitrogens is 2. The van der Waals surface area contributed by atoms with Crippen LogP contribution in [0.1, 0.15) is 5.89 Å². The number of halogens is 1. The fourth-order valence-corrected chi connectivity index (χ4v) is 3.01. The standard InChI is InChI=1S/C16H13BrN2O2S/c1-20-13-5-7-14(8-6-13)22-10-15-18-16(19-21-15)11-3-2-4-12(17)9-11/h2-9H,10H2,1H3. The Morgan fingerprint density at radius 1 is 1.18 bits per heavy atom. The average Bonchev–Trinajstić information content (AvgIpc) is 3.02. The first-order valence-electron chi connectivity index (χ1n) is 6.60. The van der Waals surface area contributed by atoms with E-state index in [9.17, 15) is 0 Å². The Kier molecular flexibility index (Phi) is 4.80. The van der Waals surface area contributed by atoms with Gasteiger partial charge in [-0.2, -0.15) is 4.98 Å². The summed E-state index contributed by atoms with van der Waals surface area (Å²) < 4.78 is 11.4. The second-order valence-electron chi connectivity index (χ2n) is 4.49. The molecule has 0 radical (unpaired) electrons. The summed E-state index contributed by atoms with van der Waals surface area (Å²) in [4.78, 5) is 5.55. The maximum atomic E-state index is 5.30. The number of nitrogens with zero attached hydrogens (tertiary/aromatic N) is 2. The van der Waals surface area contributed by atoms with Crippen molar-refractivity contribution in [2.45, 2.75) is 10.6 Å². The van der Waals surface area contributed by atoms with E-state index in [0.717, 1.165) is 20.7 Å². The molecule has 0 amide bonds. The third-order valence-corrected chi connectivity index (χ3v) is 4.46. The van der Waals surface area contributed by atoms with E-state index in [4.69, 9.17) is 9.26 Å². The first-order chi connectivity index (χ1) is 10.7. The number of methoxy groups -OCH3 is 1. The molecule has 1 heterocycles. The molecule has 6 heteroatoms. The largest absolute Gasteiger partial charge is 0.497 e. The molecule has 0 saturated heterocycles. The van der Waals surface area contributed by atoms with Gasteiger partial charge in [0.1, 0.15) is 5.75 Å². The van der Waals surface area contributed by atoms with Crippen molar-refractivity contribution in [2.24, 2.45) is 0 Å². The quantitative estimate of drug-likeness (QED) is 0.598. The molecule has 0 N–H and O–H groups in total. The van der Waals surface area contributed by atoms with Gasteiger partial charge in [-0.25, -0.2) is 0 Å². The molecule has 0 fully saturated rings. The minimum atomic E-state index is 0.603. The number of ether oxygens (including phenoxy) is 1. The highest BCUT2D eigenvalue weighted by atomic mass is 79.9. The molecule has 1 aromatic heterocycles. The molecule has 0 atom stereocenters. The summed E-state index contributed by atoms with van der Waals surface area (Å²) in [5.41, 5.74) is 0.929. The summed E-state index contributed by atoms with van der Waals surface area (Å²) in [6, 6.07) is 15.7. The summed E-state index contributed by atoms with van der Waals surface area (Å²) in [7, 11) is 1.66. The van der Waals surface area contributed by atoms with Gasteiger partial charge >= 0.3 is 0 Å². The van der Waals surface area contributed by atoms with Gasteiger partial charge in [0.25, 0.3) is 0 Å². The second kappa shape index (κ2) is 6.98. The lowest BCUT2D eigenvalue weighted by molar-refractivity contribution is 0.391. The van der Waals surface area contributed by atoms with Gasteiger partial charge in [0, 0.05) is 14.9 Å². The lowest BCUT2D eigenvalue weighted by Gasteiger charge is -2.01. The Morgan fingerprint density at radius 2 is 2.00 bits per heavy atom. The van der Waals surface area contributed by atoms with Gasteiger partial charge in [-0.05, 0) is 36.4 Å². The van der Waals surface area contributed by atoms with Gasteiger partial charge in [0.15, 0.2) is 0 Å². The molecular formula is C16H13BrN2O2S. The minimum absolute atomic E-state index is 0.603. The van der Waals surface area contributed by atoms with Crippen LogP contribution in [0.25, 0.3) is 11.4 Å². The molecule has 0 spiro atoms. The van der Waals surface area contributed by atoms with Crippen molar-refractivity contribution in [1.29, 1.82) is 0 Å². The van der Waals surface area contributed by atoms with Gasteiger partial charge in [-0.3, -0.25) is 0 Å². The molecule has 2 aromatic carbocycles. The van der Waals surface area contributed by atoms with E-state index >= 15 is 0 Å². The Labute approximate surface area is 141 Å². The van der Waals surface area contributed by atoms with Gasteiger partial charge in [0.05, 0.1) is 12.9 Å². The lowest BCUT2D eigenvalue weighted by Crippen LogP contribution is -1.84. The summed E-state index contributed by atoms with van der Waals surface area (Å²) in [6.45, 7) is 0.